The van der Waals surface area contributed by atoms with Gasteiger partial charge in [0.1, 0.15) is 6.61 Å². The maximum Gasteiger partial charge on any atom is 0.341 e. The summed E-state index contributed by atoms with van der Waals surface area (Å²) in [4.78, 5) is 13.2. The van der Waals surface area contributed by atoms with Gasteiger partial charge >= 0.3 is 5.97 Å². The van der Waals surface area contributed by atoms with E-state index in [4.69, 9.17) is 14.6 Å². The van der Waals surface area contributed by atoms with Gasteiger partial charge in [-0.05, 0) is 30.2 Å². The minimum Gasteiger partial charge on any atom is -0.486 e. The molecule has 0 atom stereocenters. The Morgan fingerprint density at radius 1 is 1.03 bits per heavy atom. The fourth-order valence-electron chi connectivity index (χ4n) is 3.97. The van der Waals surface area contributed by atoms with Crippen LogP contribution >= 0.6 is 11.8 Å². The van der Waals surface area contributed by atoms with Crippen LogP contribution in [0, 0.1) is 0 Å². The maximum absolute atomic E-state index is 10.9. The molecule has 3 aromatic carbocycles. The van der Waals surface area contributed by atoms with Gasteiger partial charge in [-0.3, -0.25) is 0 Å². The smallest absolute Gasteiger partial charge is 0.341 e. The number of carboxylic acids is 1. The van der Waals surface area contributed by atoms with E-state index in [0.717, 1.165) is 24.5 Å². The zero-order valence-electron chi connectivity index (χ0n) is 18.1. The molecule has 0 amide bonds. The second kappa shape index (κ2) is 10.0. The minimum absolute atomic E-state index is 0.163. The Balaban J connectivity index is 1.50. The van der Waals surface area contributed by atoms with Crippen LogP contribution in [-0.2, 0) is 9.54 Å². The Labute approximate surface area is 193 Å². The molecular formula is C26H27NO4S. The number of carboxylic acid groups (broad SMARTS) is 1. The van der Waals surface area contributed by atoms with Gasteiger partial charge in [0, 0.05) is 12.3 Å². The normalized spacial score (nSPS) is 13.2. The second-order valence-electron chi connectivity index (χ2n) is 7.74. The number of benzene rings is 3. The average Bonchev–Trinajstić information content (AvgIpc) is 2.84. The van der Waals surface area contributed by atoms with E-state index in [-0.39, 0.29) is 11.4 Å². The van der Waals surface area contributed by atoms with E-state index in [9.17, 15) is 4.79 Å². The number of ether oxygens (including phenoxy) is 2. The molecule has 1 aliphatic rings. The quantitative estimate of drug-likeness (QED) is 0.494. The molecule has 4 rings (SSSR count). The summed E-state index contributed by atoms with van der Waals surface area (Å²) in [6.07, 6.45) is 0. The maximum atomic E-state index is 10.9. The number of thioether (sulfide) groups is 1. The summed E-state index contributed by atoms with van der Waals surface area (Å²) >= 11 is 1.93. The highest BCUT2D eigenvalue weighted by Crippen LogP contribution is 2.43. The number of aliphatic carboxylic acids is 1. The predicted octanol–water partition coefficient (Wildman–Crippen LogP) is 5.05. The molecule has 0 fully saturated rings. The lowest BCUT2D eigenvalue weighted by molar-refractivity contribution is -0.139. The van der Waals surface area contributed by atoms with Crippen molar-refractivity contribution in [2.24, 2.45) is 0 Å². The number of anilines is 1. The molecule has 3 aromatic rings. The predicted molar refractivity (Wildman–Crippen MR) is 129 cm³/mol. The Kier molecular flexibility index (Phi) is 6.90. The number of fused-ring (bicyclic) bond motifs is 1. The first kappa shape index (κ1) is 22.1. The van der Waals surface area contributed by atoms with Gasteiger partial charge in [0.15, 0.2) is 18.1 Å². The van der Waals surface area contributed by atoms with Crippen LogP contribution in [0.5, 0.6) is 11.5 Å². The van der Waals surface area contributed by atoms with Crippen molar-refractivity contribution >= 4 is 23.4 Å². The minimum atomic E-state index is -1.01. The van der Waals surface area contributed by atoms with E-state index < -0.39 is 5.97 Å². The molecule has 0 bridgehead atoms. The van der Waals surface area contributed by atoms with Crippen LogP contribution in [0.2, 0.25) is 0 Å². The van der Waals surface area contributed by atoms with Gasteiger partial charge in [-0.1, -0.05) is 66.7 Å². The van der Waals surface area contributed by atoms with E-state index in [1.807, 2.05) is 36.0 Å². The Morgan fingerprint density at radius 3 is 2.31 bits per heavy atom. The molecule has 0 radical (unpaired) electrons. The molecule has 1 N–H and O–H groups in total. The highest BCUT2D eigenvalue weighted by Gasteiger charge is 2.30. The lowest BCUT2D eigenvalue weighted by atomic mass is 9.92. The van der Waals surface area contributed by atoms with Crippen molar-refractivity contribution in [3.05, 3.63) is 90.0 Å². The third-order valence-electron chi connectivity index (χ3n) is 5.66. The Bertz CT molecular complexity index is 1000. The highest BCUT2D eigenvalue weighted by molar-refractivity contribution is 8.00. The van der Waals surface area contributed by atoms with Crippen LogP contribution in [0.25, 0.3) is 0 Å². The molecule has 1 aliphatic heterocycles. The van der Waals surface area contributed by atoms with E-state index in [1.165, 1.54) is 11.1 Å². The molecule has 0 spiro atoms. The van der Waals surface area contributed by atoms with Crippen LogP contribution in [0.15, 0.2) is 78.9 Å². The van der Waals surface area contributed by atoms with Gasteiger partial charge < -0.3 is 19.5 Å². The number of carbonyl (C=O) groups is 1. The van der Waals surface area contributed by atoms with Crippen LogP contribution < -0.4 is 14.4 Å². The molecule has 5 nitrogen and oxygen atoms in total. The summed E-state index contributed by atoms with van der Waals surface area (Å²) in [5, 5.41) is 8.93. The average molecular weight is 450 g/mol. The third-order valence-corrected chi connectivity index (χ3v) is 7.09. The van der Waals surface area contributed by atoms with E-state index >= 15 is 0 Å². The van der Waals surface area contributed by atoms with Crippen LogP contribution in [0.3, 0.4) is 0 Å². The van der Waals surface area contributed by atoms with Crippen molar-refractivity contribution < 1.29 is 19.4 Å². The third kappa shape index (κ3) is 4.86. The van der Waals surface area contributed by atoms with Gasteiger partial charge in [-0.2, -0.15) is 0 Å². The molecule has 6 heteroatoms. The second-order valence-corrected chi connectivity index (χ2v) is 9.25. The fraction of sp³-hybridized carbons (Fsp3) is 0.269. The number of nitrogens with zero attached hydrogens (tertiary/aromatic N) is 1. The molecule has 1 heterocycles. The Morgan fingerprint density at radius 2 is 1.69 bits per heavy atom. The Hall–Kier alpha value is -3.12. The lowest BCUT2D eigenvalue weighted by Gasteiger charge is -2.34. The molecule has 32 heavy (non-hydrogen) atoms. The van der Waals surface area contributed by atoms with Crippen molar-refractivity contribution in [1.29, 1.82) is 0 Å². The first-order chi connectivity index (χ1) is 15.6. The van der Waals surface area contributed by atoms with Gasteiger partial charge in [0.05, 0.1) is 17.0 Å². The van der Waals surface area contributed by atoms with Gasteiger partial charge in [-0.25, -0.2) is 4.79 Å². The zero-order chi connectivity index (χ0) is 22.4. The SMILES string of the molecule is CC(SCCN1CCOc2c(OCC(=O)O)cccc21)(c1ccccc1)c1ccccc1. The van der Waals surface area contributed by atoms with Crippen LogP contribution in [0.4, 0.5) is 5.69 Å². The summed E-state index contributed by atoms with van der Waals surface area (Å²) in [5.74, 6) is 1.01. The van der Waals surface area contributed by atoms with Crippen molar-refractivity contribution in [3.8, 4) is 11.5 Å². The molecule has 0 unspecified atom stereocenters. The number of rotatable bonds is 9. The first-order valence-corrected chi connectivity index (χ1v) is 11.7. The van der Waals surface area contributed by atoms with E-state index in [1.54, 1.807) is 6.07 Å². The number of hydrogen-bond acceptors (Lipinski definition) is 5. The molecule has 0 aromatic heterocycles. The molecule has 0 aliphatic carbocycles. The largest absolute Gasteiger partial charge is 0.486 e. The monoisotopic (exact) mass is 449 g/mol. The van der Waals surface area contributed by atoms with Crippen molar-refractivity contribution in [2.45, 2.75) is 11.7 Å². The summed E-state index contributed by atoms with van der Waals surface area (Å²) in [7, 11) is 0. The number of hydrogen-bond donors (Lipinski definition) is 1. The summed E-state index contributed by atoms with van der Waals surface area (Å²) in [6, 6.07) is 26.9. The summed E-state index contributed by atoms with van der Waals surface area (Å²) in [6.45, 7) is 4.07. The number of para-hydroxylation sites is 1. The van der Waals surface area contributed by atoms with Crippen molar-refractivity contribution in [3.63, 3.8) is 0 Å². The summed E-state index contributed by atoms with van der Waals surface area (Å²) in [5.41, 5.74) is 3.51. The van der Waals surface area contributed by atoms with Crippen molar-refractivity contribution in [2.75, 3.05) is 37.0 Å². The van der Waals surface area contributed by atoms with Crippen molar-refractivity contribution in [1.82, 2.24) is 0 Å². The van der Waals surface area contributed by atoms with Gasteiger partial charge in [0.2, 0.25) is 0 Å². The van der Waals surface area contributed by atoms with Gasteiger partial charge in [-0.15, -0.1) is 11.8 Å². The fourth-order valence-corrected chi connectivity index (χ4v) is 5.29. The van der Waals surface area contributed by atoms with E-state index in [2.05, 4.69) is 60.4 Å². The zero-order valence-corrected chi connectivity index (χ0v) is 18.9. The topological polar surface area (TPSA) is 59.0 Å². The molecular weight excluding hydrogens is 422 g/mol. The van der Waals surface area contributed by atoms with E-state index in [0.29, 0.717) is 18.1 Å². The molecule has 0 saturated carbocycles. The van der Waals surface area contributed by atoms with Gasteiger partial charge in [0.25, 0.3) is 0 Å². The highest BCUT2D eigenvalue weighted by atomic mass is 32.2. The summed E-state index contributed by atoms with van der Waals surface area (Å²) < 4.78 is 11.1. The molecule has 166 valence electrons. The van der Waals surface area contributed by atoms with Crippen LogP contribution in [-0.4, -0.2) is 43.1 Å². The van der Waals surface area contributed by atoms with Crippen LogP contribution in [0.1, 0.15) is 18.1 Å². The molecule has 0 saturated heterocycles. The lowest BCUT2D eigenvalue weighted by Crippen LogP contribution is -2.35. The first-order valence-electron chi connectivity index (χ1n) is 10.7. The standard InChI is InChI=1S/C26H27NO4S/c1-26(20-9-4-2-5-10-20,21-11-6-3-7-12-21)32-18-16-27-15-17-30-25-22(27)13-8-14-23(25)31-19-24(28)29/h2-14H,15-19H2,1H3,(H,28,29).